The highest BCUT2D eigenvalue weighted by Crippen LogP contribution is 2.36. The van der Waals surface area contributed by atoms with Gasteiger partial charge in [0, 0.05) is 29.2 Å². The summed E-state index contributed by atoms with van der Waals surface area (Å²) in [6, 6.07) is 20.0. The summed E-state index contributed by atoms with van der Waals surface area (Å²) in [5.41, 5.74) is 2.48. The predicted octanol–water partition coefficient (Wildman–Crippen LogP) is 5.14. The summed E-state index contributed by atoms with van der Waals surface area (Å²) in [6.07, 6.45) is 4.79. The highest BCUT2D eigenvalue weighted by atomic mass is 35.5. The van der Waals surface area contributed by atoms with Crippen molar-refractivity contribution < 1.29 is 8.42 Å². The molecule has 146 valence electrons. The summed E-state index contributed by atoms with van der Waals surface area (Å²) in [4.78, 5) is 5.52. The molecule has 0 aliphatic heterocycles. The van der Waals surface area contributed by atoms with Crippen molar-refractivity contribution in [1.82, 2.24) is 14.8 Å². The fourth-order valence-electron chi connectivity index (χ4n) is 2.76. The molecule has 0 unspecified atom stereocenters. The van der Waals surface area contributed by atoms with Crippen LogP contribution in [0.3, 0.4) is 0 Å². The maximum atomic E-state index is 11.8. The van der Waals surface area contributed by atoms with Gasteiger partial charge in [0.25, 0.3) is 0 Å². The Kier molecular flexibility index (Phi) is 5.45. The van der Waals surface area contributed by atoms with Crippen LogP contribution < -0.4 is 0 Å². The number of para-hydroxylation sites is 1. The van der Waals surface area contributed by atoms with Gasteiger partial charge in [-0.2, -0.15) is 5.10 Å². The van der Waals surface area contributed by atoms with Gasteiger partial charge in [-0.15, -0.1) is 0 Å². The smallest absolute Gasteiger partial charge is 0.175 e. The molecule has 0 bridgehead atoms. The molecule has 2 aromatic carbocycles. The quantitative estimate of drug-likeness (QED) is 0.429. The molecule has 0 radical (unpaired) electrons. The van der Waals surface area contributed by atoms with Crippen LogP contribution in [0.5, 0.6) is 0 Å². The minimum Gasteiger partial charge on any atom is -0.249 e. The van der Waals surface area contributed by atoms with Crippen molar-refractivity contribution in [3.63, 3.8) is 0 Å². The van der Waals surface area contributed by atoms with Gasteiger partial charge in [-0.3, -0.25) is 0 Å². The number of rotatable bonds is 5. The molecule has 0 saturated heterocycles. The van der Waals surface area contributed by atoms with Gasteiger partial charge in [-0.25, -0.2) is 18.1 Å². The number of nitrogens with zero attached hydrogens (tertiary/aromatic N) is 3. The molecule has 5 nitrogen and oxygen atoms in total. The lowest BCUT2D eigenvalue weighted by atomic mass is 10.2. The van der Waals surface area contributed by atoms with Gasteiger partial charge in [0.1, 0.15) is 10.7 Å². The molecule has 0 atom stereocenters. The van der Waals surface area contributed by atoms with Gasteiger partial charge in [0.15, 0.2) is 9.84 Å². The van der Waals surface area contributed by atoms with E-state index in [4.69, 9.17) is 16.7 Å². The van der Waals surface area contributed by atoms with Crippen LogP contribution in [-0.4, -0.2) is 29.4 Å². The molecular formula is C21H16ClN3O2S2. The minimum atomic E-state index is -3.26. The van der Waals surface area contributed by atoms with E-state index < -0.39 is 9.84 Å². The van der Waals surface area contributed by atoms with Crippen molar-refractivity contribution in [3.05, 3.63) is 84.1 Å². The van der Waals surface area contributed by atoms with Crippen LogP contribution in [0.1, 0.15) is 0 Å². The van der Waals surface area contributed by atoms with E-state index in [-0.39, 0.29) is 4.90 Å². The molecular weight excluding hydrogens is 426 g/mol. The first-order chi connectivity index (χ1) is 13.9. The third kappa shape index (κ3) is 4.53. The summed E-state index contributed by atoms with van der Waals surface area (Å²) in [7, 11) is -3.26. The molecule has 0 saturated carbocycles. The number of halogens is 1. The molecule has 8 heteroatoms. The second-order valence-corrected chi connectivity index (χ2v) is 9.85. The van der Waals surface area contributed by atoms with Crippen molar-refractivity contribution in [2.24, 2.45) is 0 Å². The van der Waals surface area contributed by atoms with Crippen LogP contribution in [-0.2, 0) is 9.84 Å². The molecule has 0 N–H and O–H groups in total. The molecule has 0 spiro atoms. The Hall–Kier alpha value is -2.61. The second-order valence-electron chi connectivity index (χ2n) is 6.33. The number of sulfone groups is 1. The lowest BCUT2D eigenvalue weighted by Gasteiger charge is -2.04. The number of pyridine rings is 1. The summed E-state index contributed by atoms with van der Waals surface area (Å²) in [6.45, 7) is 0. The lowest BCUT2D eigenvalue weighted by Crippen LogP contribution is -1.97. The Balaban J connectivity index is 1.79. The SMILES string of the molecule is CS(=O)(=O)c1ccc(-c2nn(-c3ccccc3)cc2Sc2cc(Cl)ccn2)cc1. The Bertz CT molecular complexity index is 1250. The zero-order chi connectivity index (χ0) is 20.4. The zero-order valence-electron chi connectivity index (χ0n) is 15.4. The fourth-order valence-corrected chi connectivity index (χ4v) is 4.55. The molecule has 0 fully saturated rings. The topological polar surface area (TPSA) is 64.8 Å². The van der Waals surface area contributed by atoms with Gasteiger partial charge in [-0.1, -0.05) is 53.7 Å². The van der Waals surface area contributed by atoms with E-state index in [1.54, 1.807) is 47.3 Å². The molecule has 0 aliphatic carbocycles. The van der Waals surface area contributed by atoms with Crippen molar-refractivity contribution in [1.29, 1.82) is 0 Å². The Morgan fingerprint density at radius 3 is 2.38 bits per heavy atom. The Labute approximate surface area is 178 Å². The fraction of sp³-hybridized carbons (Fsp3) is 0.0476. The largest absolute Gasteiger partial charge is 0.249 e. The zero-order valence-corrected chi connectivity index (χ0v) is 17.7. The molecule has 2 aromatic heterocycles. The van der Waals surface area contributed by atoms with Crippen molar-refractivity contribution >= 4 is 33.2 Å². The number of benzene rings is 2. The highest BCUT2D eigenvalue weighted by Gasteiger charge is 2.16. The standard InChI is InChI=1S/C21H16ClN3O2S2/c1-29(26,27)18-9-7-15(8-10-18)21-19(28-20-13-16(22)11-12-23-20)14-25(24-21)17-5-3-2-4-6-17/h2-14H,1H3. The summed E-state index contributed by atoms with van der Waals surface area (Å²) in [5.74, 6) is 0. The van der Waals surface area contributed by atoms with E-state index in [9.17, 15) is 8.42 Å². The Morgan fingerprint density at radius 1 is 1.00 bits per heavy atom. The van der Waals surface area contributed by atoms with Crippen LogP contribution in [0.4, 0.5) is 0 Å². The van der Waals surface area contributed by atoms with E-state index >= 15 is 0 Å². The van der Waals surface area contributed by atoms with Crippen LogP contribution in [0.2, 0.25) is 5.02 Å². The van der Waals surface area contributed by atoms with E-state index in [0.29, 0.717) is 5.02 Å². The third-order valence-electron chi connectivity index (χ3n) is 4.17. The molecule has 29 heavy (non-hydrogen) atoms. The van der Waals surface area contributed by atoms with Crippen molar-refractivity contribution in [2.45, 2.75) is 14.8 Å². The van der Waals surface area contributed by atoms with Crippen LogP contribution in [0, 0.1) is 0 Å². The first-order valence-corrected chi connectivity index (χ1v) is 11.7. The van der Waals surface area contributed by atoms with Crippen LogP contribution >= 0.6 is 23.4 Å². The van der Waals surface area contributed by atoms with Gasteiger partial charge in [-0.05, 0) is 36.4 Å². The Morgan fingerprint density at radius 2 is 1.72 bits per heavy atom. The molecule has 4 aromatic rings. The average Bonchev–Trinajstić information content (AvgIpc) is 3.12. The summed E-state index contributed by atoms with van der Waals surface area (Å²) in [5, 5.41) is 6.10. The third-order valence-corrected chi connectivity index (χ3v) is 6.48. The van der Waals surface area contributed by atoms with Crippen LogP contribution in [0.15, 0.2) is 93.9 Å². The number of hydrogen-bond acceptors (Lipinski definition) is 5. The molecule has 4 rings (SSSR count). The van der Waals surface area contributed by atoms with E-state index in [2.05, 4.69) is 4.98 Å². The van der Waals surface area contributed by atoms with Gasteiger partial charge >= 0.3 is 0 Å². The monoisotopic (exact) mass is 441 g/mol. The highest BCUT2D eigenvalue weighted by molar-refractivity contribution is 7.99. The van der Waals surface area contributed by atoms with Crippen molar-refractivity contribution in [3.8, 4) is 16.9 Å². The van der Waals surface area contributed by atoms with Crippen LogP contribution in [0.25, 0.3) is 16.9 Å². The number of aromatic nitrogens is 3. The maximum absolute atomic E-state index is 11.8. The first-order valence-electron chi connectivity index (χ1n) is 8.65. The molecule has 2 heterocycles. The van der Waals surface area contributed by atoms with Gasteiger partial charge in [0.05, 0.1) is 15.5 Å². The van der Waals surface area contributed by atoms with E-state index in [1.807, 2.05) is 36.5 Å². The lowest BCUT2D eigenvalue weighted by molar-refractivity contribution is 0.602. The summed E-state index contributed by atoms with van der Waals surface area (Å²) >= 11 is 7.55. The molecule has 0 amide bonds. The predicted molar refractivity (Wildman–Crippen MR) is 115 cm³/mol. The number of hydrogen-bond donors (Lipinski definition) is 0. The average molecular weight is 442 g/mol. The van der Waals surface area contributed by atoms with E-state index in [1.165, 1.54) is 18.0 Å². The normalized spacial score (nSPS) is 11.5. The van der Waals surface area contributed by atoms with Gasteiger partial charge in [0.2, 0.25) is 0 Å². The van der Waals surface area contributed by atoms with E-state index in [0.717, 1.165) is 26.9 Å². The second kappa shape index (κ2) is 8.02. The first kappa shape index (κ1) is 19.7. The summed E-state index contributed by atoms with van der Waals surface area (Å²) < 4.78 is 25.3. The molecule has 0 aliphatic rings. The van der Waals surface area contributed by atoms with Gasteiger partial charge < -0.3 is 0 Å². The maximum Gasteiger partial charge on any atom is 0.175 e. The van der Waals surface area contributed by atoms with Crippen molar-refractivity contribution in [2.75, 3.05) is 6.26 Å². The minimum absolute atomic E-state index is 0.273.